The Kier molecular flexibility index (Phi) is 13.7. The van der Waals surface area contributed by atoms with E-state index in [4.69, 9.17) is 0 Å². The highest BCUT2D eigenvalue weighted by Crippen LogP contribution is 2.38. The van der Waals surface area contributed by atoms with E-state index >= 15 is 0 Å². The SMILES string of the molecule is CC(=O)N1C(CC(C)C)C(=O)N(C)C1C(C)(C)C.CC(=O)N1CN(C)C(=O)C1CC(C)C.Cc1ccc(C2N(C)C(=O)C3CCCCN32)cc1. The minimum Gasteiger partial charge on any atom is -0.326 e. The monoisotopic (exact) mass is 696 g/mol. The van der Waals surface area contributed by atoms with Crippen LogP contribution < -0.4 is 0 Å². The lowest BCUT2D eigenvalue weighted by atomic mass is 9.90. The first kappa shape index (κ1) is 41.0. The Morgan fingerprint density at radius 1 is 0.780 bits per heavy atom. The molecule has 0 radical (unpaired) electrons. The van der Waals surface area contributed by atoms with Gasteiger partial charge in [-0.2, -0.15) is 0 Å². The van der Waals surface area contributed by atoms with E-state index in [9.17, 15) is 24.0 Å². The first-order valence-corrected chi connectivity index (χ1v) is 18.4. The average Bonchev–Trinajstić information content (AvgIpc) is 3.55. The molecule has 0 spiro atoms. The number of nitrogens with zero attached hydrogens (tertiary/aromatic N) is 6. The zero-order valence-electron chi connectivity index (χ0n) is 33.0. The van der Waals surface area contributed by atoms with Gasteiger partial charge < -0.3 is 24.5 Å². The molecule has 4 aliphatic rings. The van der Waals surface area contributed by atoms with Crippen LogP contribution in [0.25, 0.3) is 0 Å². The average molecular weight is 697 g/mol. The number of aryl methyl sites for hydroxylation is 1. The maximum absolute atomic E-state index is 12.3. The number of fused-ring (bicyclic) bond motifs is 1. The third kappa shape index (κ3) is 9.25. The van der Waals surface area contributed by atoms with Crippen molar-refractivity contribution in [1.29, 1.82) is 0 Å². The van der Waals surface area contributed by atoms with Crippen molar-refractivity contribution in [3.05, 3.63) is 35.4 Å². The number of piperidine rings is 1. The van der Waals surface area contributed by atoms with Crippen molar-refractivity contribution in [2.24, 2.45) is 17.3 Å². The Morgan fingerprint density at radius 2 is 1.34 bits per heavy atom. The lowest BCUT2D eigenvalue weighted by Crippen LogP contribution is -2.50. The molecule has 50 heavy (non-hydrogen) atoms. The molecule has 0 saturated carbocycles. The van der Waals surface area contributed by atoms with Gasteiger partial charge in [-0.3, -0.25) is 28.9 Å². The fourth-order valence-electron chi connectivity index (χ4n) is 7.90. The summed E-state index contributed by atoms with van der Waals surface area (Å²) >= 11 is 0. The number of carbonyl (C=O) groups is 5. The van der Waals surface area contributed by atoms with E-state index in [1.807, 2.05) is 11.9 Å². The van der Waals surface area contributed by atoms with Gasteiger partial charge in [0.15, 0.2) is 0 Å². The molecule has 11 nitrogen and oxygen atoms in total. The van der Waals surface area contributed by atoms with Crippen molar-refractivity contribution < 1.29 is 24.0 Å². The predicted octanol–water partition coefficient (Wildman–Crippen LogP) is 5.09. The van der Waals surface area contributed by atoms with Gasteiger partial charge in [-0.1, -0.05) is 84.7 Å². The van der Waals surface area contributed by atoms with Crippen LogP contribution in [0.5, 0.6) is 0 Å². The van der Waals surface area contributed by atoms with Gasteiger partial charge in [0, 0.05) is 47.0 Å². The van der Waals surface area contributed by atoms with Crippen LogP contribution >= 0.6 is 0 Å². The highest BCUT2D eigenvalue weighted by Gasteiger charge is 2.50. The van der Waals surface area contributed by atoms with Gasteiger partial charge in [-0.15, -0.1) is 0 Å². The smallest absolute Gasteiger partial charge is 0.246 e. The van der Waals surface area contributed by atoms with E-state index in [-0.39, 0.29) is 59.5 Å². The molecule has 0 aromatic heterocycles. The maximum Gasteiger partial charge on any atom is 0.246 e. The largest absolute Gasteiger partial charge is 0.326 e. The van der Waals surface area contributed by atoms with Crippen LogP contribution in [-0.2, 0) is 24.0 Å². The summed E-state index contributed by atoms with van der Waals surface area (Å²) in [5.41, 5.74) is 2.36. The van der Waals surface area contributed by atoms with Crippen molar-refractivity contribution >= 4 is 29.5 Å². The summed E-state index contributed by atoms with van der Waals surface area (Å²) in [5.74, 6) is 1.21. The molecule has 5 rings (SSSR count). The molecule has 0 bridgehead atoms. The molecule has 1 aromatic rings. The zero-order valence-corrected chi connectivity index (χ0v) is 33.0. The number of benzene rings is 1. The van der Waals surface area contributed by atoms with Crippen molar-refractivity contribution in [3.8, 4) is 0 Å². The zero-order chi connectivity index (χ0) is 37.8. The van der Waals surface area contributed by atoms with E-state index in [1.165, 1.54) is 30.9 Å². The summed E-state index contributed by atoms with van der Waals surface area (Å²) in [6, 6.07) is 8.15. The van der Waals surface area contributed by atoms with Crippen LogP contribution in [0.1, 0.15) is 112 Å². The summed E-state index contributed by atoms with van der Waals surface area (Å²) in [5, 5.41) is 0. The number of likely N-dealkylation sites (N-methyl/N-ethyl adjacent to an activating group) is 3. The Labute approximate surface area is 301 Å². The topological polar surface area (TPSA) is 105 Å². The van der Waals surface area contributed by atoms with Crippen LogP contribution in [0.4, 0.5) is 0 Å². The molecule has 4 heterocycles. The van der Waals surface area contributed by atoms with Gasteiger partial charge in [0.25, 0.3) is 0 Å². The Bertz CT molecular complexity index is 1370. The van der Waals surface area contributed by atoms with Gasteiger partial charge >= 0.3 is 0 Å². The fraction of sp³-hybridized carbons (Fsp3) is 0.718. The van der Waals surface area contributed by atoms with E-state index in [2.05, 4.69) is 84.6 Å². The third-order valence-corrected chi connectivity index (χ3v) is 10.2. The van der Waals surface area contributed by atoms with Crippen molar-refractivity contribution in [2.75, 3.05) is 34.4 Å². The molecule has 5 amide bonds. The number of hydrogen-bond donors (Lipinski definition) is 0. The van der Waals surface area contributed by atoms with E-state index in [0.717, 1.165) is 25.8 Å². The van der Waals surface area contributed by atoms with Crippen molar-refractivity contribution in [1.82, 2.24) is 29.4 Å². The van der Waals surface area contributed by atoms with Gasteiger partial charge in [0.05, 0.1) is 12.7 Å². The molecule has 0 aliphatic carbocycles. The molecule has 5 unspecified atom stereocenters. The van der Waals surface area contributed by atoms with Crippen LogP contribution in [0.2, 0.25) is 0 Å². The molecule has 4 saturated heterocycles. The molecule has 0 N–H and O–H groups in total. The molecule has 4 aliphatic heterocycles. The van der Waals surface area contributed by atoms with Crippen molar-refractivity contribution in [3.63, 3.8) is 0 Å². The standard InChI is InChI=1S/C15H20N2O.C14H26N2O2.C10H18N2O2/c1-11-6-8-12(9-7-11)14-16(2)15(18)13-5-3-4-10-17(13)14;1-9(2)8-11-12(18)15(7)13(14(4,5)6)16(11)10(3)17;1-7(2)5-9-10(14)11(4)6-12(9)8(3)13/h6-9,13-14H,3-5,10H2,1-2H3;9,11,13H,8H2,1-7H3;7,9H,5-6H2,1-4H3. The van der Waals surface area contributed by atoms with E-state index in [0.29, 0.717) is 24.4 Å². The molecular formula is C39H64N6O5. The van der Waals surface area contributed by atoms with Gasteiger partial charge in [-0.05, 0) is 50.0 Å². The minimum atomic E-state index is -0.295. The fourth-order valence-corrected chi connectivity index (χ4v) is 7.90. The van der Waals surface area contributed by atoms with Gasteiger partial charge in [0.2, 0.25) is 29.5 Å². The van der Waals surface area contributed by atoms with Gasteiger partial charge in [-0.25, -0.2) is 0 Å². The summed E-state index contributed by atoms with van der Waals surface area (Å²) in [7, 11) is 5.47. The maximum atomic E-state index is 12.3. The lowest BCUT2D eigenvalue weighted by Gasteiger charge is -2.38. The highest BCUT2D eigenvalue weighted by molar-refractivity contribution is 5.91. The van der Waals surface area contributed by atoms with Crippen LogP contribution in [0, 0.1) is 24.2 Å². The number of amides is 5. The molecule has 1 aromatic carbocycles. The van der Waals surface area contributed by atoms with Gasteiger partial charge in [0.1, 0.15) is 24.4 Å². The summed E-state index contributed by atoms with van der Waals surface area (Å²) in [4.78, 5) is 70.5. The Morgan fingerprint density at radius 3 is 1.84 bits per heavy atom. The van der Waals surface area contributed by atoms with Crippen LogP contribution in [-0.4, -0.2) is 118 Å². The Hall–Kier alpha value is -3.47. The van der Waals surface area contributed by atoms with E-state index < -0.39 is 0 Å². The molecular weight excluding hydrogens is 632 g/mol. The number of hydrogen-bond acceptors (Lipinski definition) is 6. The highest BCUT2D eigenvalue weighted by atomic mass is 16.2. The lowest BCUT2D eigenvalue weighted by molar-refractivity contribution is -0.136. The second-order valence-electron chi connectivity index (χ2n) is 16.6. The summed E-state index contributed by atoms with van der Waals surface area (Å²) in [6.07, 6.45) is 4.89. The van der Waals surface area contributed by atoms with Crippen molar-refractivity contribution in [2.45, 2.75) is 132 Å². The van der Waals surface area contributed by atoms with Crippen LogP contribution in [0.15, 0.2) is 24.3 Å². The number of carbonyl (C=O) groups excluding carboxylic acids is 5. The first-order valence-electron chi connectivity index (χ1n) is 18.4. The van der Waals surface area contributed by atoms with E-state index in [1.54, 1.807) is 40.6 Å². The molecule has 11 heteroatoms. The second kappa shape index (κ2) is 16.7. The second-order valence-corrected chi connectivity index (χ2v) is 16.6. The number of rotatable bonds is 5. The first-order chi connectivity index (χ1) is 23.2. The molecule has 4 fully saturated rings. The predicted molar refractivity (Wildman–Crippen MR) is 196 cm³/mol. The normalized spacial score (nSPS) is 25.6. The summed E-state index contributed by atoms with van der Waals surface area (Å²) in [6.45, 7) is 21.1. The third-order valence-electron chi connectivity index (χ3n) is 10.2. The van der Waals surface area contributed by atoms with Crippen LogP contribution in [0.3, 0.4) is 0 Å². The molecule has 5 atom stereocenters. The quantitative estimate of drug-likeness (QED) is 0.425. The Balaban J connectivity index is 0.000000205. The molecule has 280 valence electrons. The summed E-state index contributed by atoms with van der Waals surface area (Å²) < 4.78 is 0. The minimum absolute atomic E-state index is 0.0155.